The third kappa shape index (κ3) is 15.0. The molecule has 0 aromatic heterocycles. The van der Waals surface area contributed by atoms with Gasteiger partial charge in [0.15, 0.2) is 0 Å². The quantitative estimate of drug-likeness (QED) is 0.0956. The number of fused-ring (bicyclic) bond motifs is 1. The van der Waals surface area contributed by atoms with Gasteiger partial charge in [0, 0.05) is 21.6 Å². The normalized spacial score (nSPS) is 13.3. The maximum Gasteiger partial charge on any atom is 0.471 e. The van der Waals surface area contributed by atoms with Crippen LogP contribution in [0.3, 0.4) is 0 Å². The molecular formula is C42H43BrClF3N2O7. The first kappa shape index (κ1) is 43.8. The highest BCUT2D eigenvalue weighted by molar-refractivity contribution is 9.10. The summed E-state index contributed by atoms with van der Waals surface area (Å²) >= 11 is 9.38. The van der Waals surface area contributed by atoms with Crippen LogP contribution >= 0.6 is 27.5 Å². The molecule has 2 atom stereocenters. The Morgan fingerprint density at radius 3 is 1.98 bits per heavy atom. The number of carboxylic acid groups (broad SMARTS) is 1. The minimum Gasteiger partial charge on any atom is -0.481 e. The van der Waals surface area contributed by atoms with Gasteiger partial charge >= 0.3 is 30.1 Å². The molecule has 14 heteroatoms. The average Bonchev–Trinajstić information content (AvgIpc) is 3.56. The summed E-state index contributed by atoms with van der Waals surface area (Å²) in [5, 5.41) is 14.1. The Balaban J connectivity index is 0.000000284. The predicted octanol–water partition coefficient (Wildman–Crippen LogP) is 9.44. The number of carboxylic acids is 1. The molecule has 3 N–H and O–H groups in total. The Morgan fingerprint density at radius 1 is 0.786 bits per heavy atom. The van der Waals surface area contributed by atoms with Crippen molar-refractivity contribution in [2.24, 2.45) is 0 Å². The topological polar surface area (TPSA) is 131 Å². The van der Waals surface area contributed by atoms with Crippen LogP contribution in [0.25, 0.3) is 11.1 Å². The Morgan fingerprint density at radius 2 is 1.39 bits per heavy atom. The number of carbonyl (C=O) groups is 4. The molecule has 0 unspecified atom stereocenters. The van der Waals surface area contributed by atoms with E-state index in [1.54, 1.807) is 57.2 Å². The summed E-state index contributed by atoms with van der Waals surface area (Å²) in [5.41, 5.74) is 5.08. The number of alkyl halides is 3. The summed E-state index contributed by atoms with van der Waals surface area (Å²) in [4.78, 5) is 46.8. The predicted molar refractivity (Wildman–Crippen MR) is 211 cm³/mol. The van der Waals surface area contributed by atoms with Crippen molar-refractivity contribution < 1.29 is 46.9 Å². The molecule has 298 valence electrons. The second-order valence-corrected chi connectivity index (χ2v) is 15.7. The average molecular weight is 860 g/mol. The van der Waals surface area contributed by atoms with Crippen LogP contribution in [0.1, 0.15) is 62.3 Å². The molecule has 2 amide bonds. The highest BCUT2D eigenvalue weighted by Crippen LogP contribution is 2.27. The molecule has 56 heavy (non-hydrogen) atoms. The van der Waals surface area contributed by atoms with Crippen molar-refractivity contribution in [3.63, 3.8) is 0 Å². The SMILES string of the molecule is CC(C)(C)OC(=O)N[C@@H](CC(=O)O)Cc1ccc(Br)cc1.O=C(C[C@@H](Cc1ccc(-c2cccc(Cl)c2)cc1)NC(=O)C(F)(F)F)Oc1ccc2c(c1)CCC2. The first-order valence-corrected chi connectivity index (χ1v) is 19.0. The fourth-order valence-electron chi connectivity index (χ4n) is 5.98. The number of alkyl carbamates (subject to hydrolysis) is 1. The van der Waals surface area contributed by atoms with Crippen LogP contribution in [-0.4, -0.2) is 52.9 Å². The number of benzene rings is 4. The number of aliphatic carboxylic acids is 1. The van der Waals surface area contributed by atoms with Crippen molar-refractivity contribution in [2.45, 2.75) is 89.6 Å². The molecule has 0 radical (unpaired) electrons. The van der Waals surface area contributed by atoms with Crippen LogP contribution in [0.4, 0.5) is 18.0 Å². The number of ether oxygens (including phenoxy) is 2. The molecule has 0 bridgehead atoms. The summed E-state index contributed by atoms with van der Waals surface area (Å²) in [6, 6.07) is 25.7. The lowest BCUT2D eigenvalue weighted by Gasteiger charge is -2.23. The van der Waals surface area contributed by atoms with Gasteiger partial charge in [-0.1, -0.05) is 82.1 Å². The summed E-state index contributed by atoms with van der Waals surface area (Å²) in [5.74, 6) is -3.43. The van der Waals surface area contributed by atoms with Crippen LogP contribution in [0, 0.1) is 0 Å². The van der Waals surface area contributed by atoms with Gasteiger partial charge in [-0.2, -0.15) is 13.2 Å². The van der Waals surface area contributed by atoms with E-state index in [1.807, 2.05) is 59.9 Å². The van der Waals surface area contributed by atoms with Gasteiger partial charge in [-0.15, -0.1) is 0 Å². The van der Waals surface area contributed by atoms with Gasteiger partial charge in [-0.05, 0) is 123 Å². The zero-order valence-corrected chi connectivity index (χ0v) is 33.4. The number of carbonyl (C=O) groups excluding carboxylic acids is 3. The number of amides is 2. The van der Waals surface area contributed by atoms with Crippen molar-refractivity contribution in [2.75, 3.05) is 0 Å². The number of halogens is 5. The van der Waals surface area contributed by atoms with Gasteiger partial charge in [0.05, 0.1) is 12.8 Å². The fourth-order valence-corrected chi connectivity index (χ4v) is 6.43. The van der Waals surface area contributed by atoms with Gasteiger partial charge in [-0.25, -0.2) is 4.79 Å². The standard InChI is InChI=1S/C27H23ClF3NO3.C15H20BrNO4/c28-22-6-2-5-20(14-22)19-9-7-17(8-10-19)13-23(32-26(34)27(29,30)31)16-25(33)35-24-12-11-18-3-1-4-21(18)15-24;1-15(2,3)21-14(20)17-12(9-13(18)19)8-10-4-6-11(16)7-5-10/h2,5-12,14-15,23H,1,3-4,13,16H2,(H,32,34);4-7,12H,8-9H2,1-3H3,(H,17,20)(H,18,19)/t23-;12-/m11/s1. The molecule has 9 nitrogen and oxygen atoms in total. The van der Waals surface area contributed by atoms with Gasteiger partial charge in [0.1, 0.15) is 11.4 Å². The summed E-state index contributed by atoms with van der Waals surface area (Å²) in [6.07, 6.45) is -2.86. The molecule has 0 fully saturated rings. The minimum absolute atomic E-state index is 0.0247. The lowest BCUT2D eigenvalue weighted by molar-refractivity contribution is -0.174. The Labute approximate surface area is 337 Å². The van der Waals surface area contributed by atoms with E-state index in [2.05, 4.69) is 21.2 Å². The first-order valence-electron chi connectivity index (χ1n) is 17.8. The second kappa shape index (κ2) is 19.8. The molecule has 0 heterocycles. The monoisotopic (exact) mass is 858 g/mol. The van der Waals surface area contributed by atoms with E-state index < -0.39 is 54.2 Å². The maximum atomic E-state index is 12.9. The van der Waals surface area contributed by atoms with Crippen molar-refractivity contribution in [3.8, 4) is 16.9 Å². The smallest absolute Gasteiger partial charge is 0.471 e. The highest BCUT2D eigenvalue weighted by atomic mass is 79.9. The van der Waals surface area contributed by atoms with E-state index in [0.717, 1.165) is 46.0 Å². The fraction of sp³-hybridized carbons (Fsp3) is 0.333. The molecule has 1 aliphatic carbocycles. The van der Waals surface area contributed by atoms with E-state index in [1.165, 1.54) is 5.56 Å². The number of nitrogens with one attached hydrogen (secondary N) is 2. The number of rotatable bonds is 12. The third-order valence-electron chi connectivity index (χ3n) is 8.44. The largest absolute Gasteiger partial charge is 0.481 e. The highest BCUT2D eigenvalue weighted by Gasteiger charge is 2.40. The maximum absolute atomic E-state index is 12.9. The minimum atomic E-state index is -5.06. The van der Waals surface area contributed by atoms with Crippen molar-refractivity contribution >= 4 is 51.5 Å². The van der Waals surface area contributed by atoms with E-state index in [4.69, 9.17) is 26.2 Å². The summed E-state index contributed by atoms with van der Waals surface area (Å²) < 4.78 is 50.2. The summed E-state index contributed by atoms with van der Waals surface area (Å²) in [6.45, 7) is 5.27. The number of aryl methyl sites for hydroxylation is 2. The first-order chi connectivity index (χ1) is 26.3. The Bertz CT molecular complexity index is 1980. The van der Waals surface area contributed by atoms with Crippen LogP contribution in [0.5, 0.6) is 5.75 Å². The Kier molecular flexibility index (Phi) is 15.5. The third-order valence-corrected chi connectivity index (χ3v) is 9.20. The number of esters is 1. The van der Waals surface area contributed by atoms with Gasteiger partial charge < -0.3 is 25.2 Å². The molecule has 0 aliphatic heterocycles. The molecule has 0 saturated heterocycles. The van der Waals surface area contributed by atoms with E-state index >= 15 is 0 Å². The Hall–Kier alpha value is -4.88. The lowest BCUT2D eigenvalue weighted by atomic mass is 9.99. The van der Waals surface area contributed by atoms with E-state index in [9.17, 15) is 32.3 Å². The van der Waals surface area contributed by atoms with Crippen LogP contribution in [0.2, 0.25) is 5.02 Å². The zero-order valence-electron chi connectivity index (χ0n) is 31.1. The molecule has 4 aromatic rings. The van der Waals surface area contributed by atoms with Gasteiger partial charge in [0.25, 0.3) is 0 Å². The lowest BCUT2D eigenvalue weighted by Crippen LogP contribution is -2.45. The summed E-state index contributed by atoms with van der Waals surface area (Å²) in [7, 11) is 0. The molecule has 0 spiro atoms. The molecular weight excluding hydrogens is 817 g/mol. The number of hydrogen-bond donors (Lipinski definition) is 3. The van der Waals surface area contributed by atoms with Crippen LogP contribution < -0.4 is 15.4 Å². The van der Waals surface area contributed by atoms with Gasteiger partial charge in [0.2, 0.25) is 0 Å². The van der Waals surface area contributed by atoms with Crippen molar-refractivity contribution in [1.29, 1.82) is 0 Å². The van der Waals surface area contributed by atoms with Gasteiger partial charge in [-0.3, -0.25) is 14.4 Å². The van der Waals surface area contributed by atoms with Crippen LogP contribution in [0.15, 0.2) is 95.5 Å². The van der Waals surface area contributed by atoms with Crippen LogP contribution in [-0.2, 0) is 44.8 Å². The molecule has 1 aliphatic rings. The van der Waals surface area contributed by atoms with E-state index in [0.29, 0.717) is 22.8 Å². The second-order valence-electron chi connectivity index (χ2n) is 14.3. The molecule has 5 rings (SSSR count). The van der Waals surface area contributed by atoms with Crippen molar-refractivity contribution in [1.82, 2.24) is 10.6 Å². The molecule has 0 saturated carbocycles. The molecule has 4 aromatic carbocycles. The number of hydrogen-bond acceptors (Lipinski definition) is 6. The van der Waals surface area contributed by atoms with E-state index in [-0.39, 0.29) is 12.8 Å². The van der Waals surface area contributed by atoms with Crippen molar-refractivity contribution in [3.05, 3.63) is 123 Å². The zero-order chi connectivity index (χ0) is 41.0.